The van der Waals surface area contributed by atoms with Crippen LogP contribution in [0.4, 0.5) is 0 Å². The van der Waals surface area contributed by atoms with Gasteiger partial charge in [0.2, 0.25) is 0 Å². The monoisotopic (exact) mass is 430 g/mol. The van der Waals surface area contributed by atoms with Crippen molar-refractivity contribution in [1.82, 2.24) is 0 Å². The maximum Gasteiger partial charge on any atom is 0.0582 e. The Morgan fingerprint density at radius 3 is 2.23 bits per heavy atom. The molecule has 180 valence electrons. The lowest BCUT2D eigenvalue weighted by molar-refractivity contribution is -0.220. The molecule has 4 rings (SSSR count). The molecular weight excluding hydrogens is 376 g/mol. The fourth-order valence-corrected chi connectivity index (χ4v) is 10.7. The highest BCUT2D eigenvalue weighted by Gasteiger charge is 2.69. The molecule has 0 aromatic rings. The van der Waals surface area contributed by atoms with Crippen molar-refractivity contribution in [2.24, 2.45) is 57.2 Å². The molecule has 4 aliphatic rings. The molecule has 4 saturated carbocycles. The zero-order chi connectivity index (χ0) is 22.8. The van der Waals surface area contributed by atoms with Gasteiger partial charge < -0.3 is 5.11 Å². The Morgan fingerprint density at radius 2 is 1.55 bits per heavy atom. The van der Waals surface area contributed by atoms with Crippen molar-refractivity contribution in [2.75, 3.05) is 0 Å². The van der Waals surface area contributed by atoms with E-state index in [4.69, 9.17) is 0 Å². The normalized spacial score (nSPS) is 49.9. The molecule has 0 heterocycles. The van der Waals surface area contributed by atoms with Crippen LogP contribution in [0.1, 0.15) is 126 Å². The Morgan fingerprint density at radius 1 is 0.839 bits per heavy atom. The van der Waals surface area contributed by atoms with Crippen LogP contribution < -0.4 is 0 Å². The van der Waals surface area contributed by atoms with E-state index < -0.39 is 0 Å². The lowest BCUT2D eigenvalue weighted by atomic mass is 9.37. The Hall–Kier alpha value is -0.0400. The Bertz CT molecular complexity index is 651. The first-order valence-electron chi connectivity index (χ1n) is 14.0. The van der Waals surface area contributed by atoms with Gasteiger partial charge in [-0.25, -0.2) is 0 Å². The summed E-state index contributed by atoms with van der Waals surface area (Å²) in [6.07, 6.45) is 14.8. The summed E-state index contributed by atoms with van der Waals surface area (Å²) in [5.41, 5.74) is 1.53. The van der Waals surface area contributed by atoms with Crippen molar-refractivity contribution in [3.8, 4) is 0 Å². The van der Waals surface area contributed by atoms with Crippen LogP contribution in [0.15, 0.2) is 0 Å². The predicted octanol–water partition coefficient (Wildman–Crippen LogP) is 8.49. The molecular formula is C30H54O. The van der Waals surface area contributed by atoms with Crippen molar-refractivity contribution >= 4 is 0 Å². The van der Waals surface area contributed by atoms with Gasteiger partial charge in [0, 0.05) is 0 Å². The van der Waals surface area contributed by atoms with Gasteiger partial charge in [-0.15, -0.1) is 0 Å². The molecule has 1 unspecified atom stereocenters. The predicted molar refractivity (Wildman–Crippen MR) is 133 cm³/mol. The third kappa shape index (κ3) is 3.57. The van der Waals surface area contributed by atoms with Gasteiger partial charge in [0.15, 0.2) is 0 Å². The summed E-state index contributed by atoms with van der Waals surface area (Å²) in [6.45, 7) is 20.2. The first-order valence-corrected chi connectivity index (χ1v) is 14.0. The van der Waals surface area contributed by atoms with Gasteiger partial charge in [0.05, 0.1) is 6.10 Å². The summed E-state index contributed by atoms with van der Waals surface area (Å²) in [7, 11) is 0. The van der Waals surface area contributed by atoms with Crippen molar-refractivity contribution in [3.63, 3.8) is 0 Å². The van der Waals surface area contributed by atoms with Crippen molar-refractivity contribution in [2.45, 2.75) is 132 Å². The summed E-state index contributed by atoms with van der Waals surface area (Å²) < 4.78 is 0. The summed E-state index contributed by atoms with van der Waals surface area (Å²) in [6, 6.07) is 0. The molecule has 0 amide bonds. The minimum atomic E-state index is -0.0896. The van der Waals surface area contributed by atoms with Gasteiger partial charge in [-0.05, 0) is 102 Å². The largest absolute Gasteiger partial charge is 0.393 e. The molecule has 0 aromatic carbocycles. The first-order chi connectivity index (χ1) is 14.4. The molecule has 1 nitrogen and oxygen atoms in total. The van der Waals surface area contributed by atoms with Crippen LogP contribution >= 0.6 is 0 Å². The molecule has 0 aliphatic heterocycles. The van der Waals surface area contributed by atoms with Crippen LogP contribution in [0.3, 0.4) is 0 Å². The Kier molecular flexibility index (Phi) is 6.24. The molecule has 1 heteroatoms. The van der Waals surface area contributed by atoms with Gasteiger partial charge in [-0.2, -0.15) is 0 Å². The maximum atomic E-state index is 11.9. The molecule has 0 saturated heterocycles. The van der Waals surface area contributed by atoms with E-state index in [0.717, 1.165) is 36.0 Å². The van der Waals surface area contributed by atoms with E-state index in [1.165, 1.54) is 64.2 Å². The highest BCUT2D eigenvalue weighted by Crippen LogP contribution is 2.74. The van der Waals surface area contributed by atoms with Gasteiger partial charge >= 0.3 is 0 Å². The molecule has 1 N–H and O–H groups in total. The second kappa shape index (κ2) is 8.02. The van der Waals surface area contributed by atoms with Crippen LogP contribution in [0.25, 0.3) is 0 Å². The molecule has 0 bridgehead atoms. The van der Waals surface area contributed by atoms with E-state index in [2.05, 4.69) is 55.4 Å². The van der Waals surface area contributed by atoms with E-state index >= 15 is 0 Å². The van der Waals surface area contributed by atoms with Gasteiger partial charge in [-0.3, -0.25) is 0 Å². The van der Waals surface area contributed by atoms with Crippen LogP contribution in [0.5, 0.6) is 0 Å². The Labute approximate surface area is 194 Å². The minimum Gasteiger partial charge on any atom is -0.393 e. The van der Waals surface area contributed by atoms with Crippen LogP contribution in [-0.2, 0) is 0 Å². The zero-order valence-corrected chi connectivity index (χ0v) is 22.3. The number of fused-ring (bicyclic) bond motifs is 5. The zero-order valence-electron chi connectivity index (χ0n) is 22.3. The van der Waals surface area contributed by atoms with Gasteiger partial charge in [-0.1, -0.05) is 81.1 Å². The van der Waals surface area contributed by atoms with E-state index in [9.17, 15) is 5.11 Å². The number of aliphatic hydroxyl groups is 1. The van der Waals surface area contributed by atoms with Crippen molar-refractivity contribution in [3.05, 3.63) is 0 Å². The van der Waals surface area contributed by atoms with E-state index in [1.807, 2.05) is 0 Å². The quantitative estimate of drug-likeness (QED) is 0.463. The summed E-state index contributed by atoms with van der Waals surface area (Å²) in [5.74, 6) is 4.47. The minimum absolute atomic E-state index is 0.0896. The third-order valence-electron chi connectivity index (χ3n) is 12.3. The smallest absolute Gasteiger partial charge is 0.0582 e. The highest BCUT2D eigenvalue weighted by atomic mass is 16.3. The van der Waals surface area contributed by atoms with Crippen LogP contribution in [-0.4, -0.2) is 11.2 Å². The van der Waals surface area contributed by atoms with Crippen LogP contribution in [0, 0.1) is 57.2 Å². The van der Waals surface area contributed by atoms with Crippen LogP contribution in [0.2, 0.25) is 0 Å². The second-order valence-electron chi connectivity index (χ2n) is 14.7. The van der Waals surface area contributed by atoms with E-state index in [1.54, 1.807) is 0 Å². The Balaban J connectivity index is 1.60. The lowest BCUT2D eigenvalue weighted by Gasteiger charge is -2.68. The van der Waals surface area contributed by atoms with Gasteiger partial charge in [0.1, 0.15) is 0 Å². The molecule has 31 heavy (non-hydrogen) atoms. The summed E-state index contributed by atoms with van der Waals surface area (Å²) in [4.78, 5) is 0. The molecule has 4 fully saturated rings. The highest BCUT2D eigenvalue weighted by molar-refractivity contribution is 5.17. The van der Waals surface area contributed by atoms with Gasteiger partial charge in [0.25, 0.3) is 0 Å². The maximum absolute atomic E-state index is 11.9. The molecule has 4 aliphatic carbocycles. The first kappa shape index (κ1) is 24.1. The second-order valence-corrected chi connectivity index (χ2v) is 14.7. The summed E-state index contributed by atoms with van der Waals surface area (Å²) >= 11 is 0. The fourth-order valence-electron chi connectivity index (χ4n) is 10.7. The lowest BCUT2D eigenvalue weighted by Crippen LogP contribution is -2.63. The topological polar surface area (TPSA) is 20.2 Å². The number of hydrogen-bond acceptors (Lipinski definition) is 1. The molecule has 0 aromatic heterocycles. The summed E-state index contributed by atoms with van der Waals surface area (Å²) in [5, 5.41) is 11.9. The molecule has 0 radical (unpaired) electrons. The average molecular weight is 431 g/mol. The number of aliphatic hydroxyl groups excluding tert-OH is 1. The number of hydrogen-bond donors (Lipinski definition) is 1. The average Bonchev–Trinajstić information content (AvgIpc) is 2.92. The molecule has 9 atom stereocenters. The van der Waals surface area contributed by atoms with E-state index in [0.29, 0.717) is 27.6 Å². The SMILES string of the molecule is CC(C)CCC[C@@H](C)[C@H]1CC[C@@]2(C)[C@@H]3CC[C@H]4C(C)(C)CCC[C@]4(C)[C@H]3C(O)C[C@]12C. The fraction of sp³-hybridized carbons (Fsp3) is 1.00. The van der Waals surface area contributed by atoms with E-state index in [-0.39, 0.29) is 6.10 Å². The van der Waals surface area contributed by atoms with Crippen molar-refractivity contribution in [1.29, 1.82) is 0 Å². The third-order valence-corrected chi connectivity index (χ3v) is 12.3. The standard InChI is InChI=1S/C30H54O/c1-20(2)11-9-12-21(3)22-15-18-29(7)23-13-14-25-27(4,5)16-10-17-28(25,6)26(23)24(31)19-30(22,29)8/h20-26,31H,9-19H2,1-8H3/t21-,22-,23-,24?,25+,26-,28+,29+,30-/m1/s1. The molecule has 0 spiro atoms. The van der Waals surface area contributed by atoms with Crippen molar-refractivity contribution < 1.29 is 5.11 Å². The number of rotatable bonds is 5.